The first-order valence-electron chi connectivity index (χ1n) is 5.64. The summed E-state index contributed by atoms with van der Waals surface area (Å²) in [5, 5.41) is 5.83. The van der Waals surface area contributed by atoms with E-state index in [1.807, 2.05) is 0 Å². The van der Waals surface area contributed by atoms with E-state index in [9.17, 15) is 9.59 Å². The van der Waals surface area contributed by atoms with Gasteiger partial charge in [0.1, 0.15) is 9.88 Å². The van der Waals surface area contributed by atoms with Crippen LogP contribution in [0.2, 0.25) is 0 Å². The Morgan fingerprint density at radius 3 is 2.53 bits per heavy atom. The third-order valence-electron chi connectivity index (χ3n) is 2.40. The Kier molecular flexibility index (Phi) is 4.94. The Balaban J connectivity index is 3.25. The van der Waals surface area contributed by atoms with Crippen molar-refractivity contribution in [2.24, 2.45) is 0 Å². The van der Waals surface area contributed by atoms with Crippen LogP contribution in [0.5, 0.6) is 0 Å². The molecule has 0 aliphatic heterocycles. The SMILES string of the molecule is C=CCNC(=O)c1sc(N(C)C)c(C(=O)NC)c1N. The Bertz CT molecular complexity index is 508. The van der Waals surface area contributed by atoms with Gasteiger partial charge >= 0.3 is 0 Å². The molecule has 0 fully saturated rings. The predicted octanol–water partition coefficient (Wildman–Crippen LogP) is 0.672. The monoisotopic (exact) mass is 282 g/mol. The summed E-state index contributed by atoms with van der Waals surface area (Å²) in [5.74, 6) is -0.610. The Hall–Kier alpha value is -2.02. The molecule has 1 aromatic rings. The van der Waals surface area contributed by atoms with E-state index in [0.717, 1.165) is 0 Å². The summed E-state index contributed by atoms with van der Waals surface area (Å²) in [7, 11) is 5.11. The van der Waals surface area contributed by atoms with Crippen LogP contribution in [0, 0.1) is 0 Å². The minimum absolute atomic E-state index is 0.203. The van der Waals surface area contributed by atoms with Gasteiger partial charge < -0.3 is 21.3 Å². The molecule has 0 atom stereocenters. The molecule has 0 saturated carbocycles. The van der Waals surface area contributed by atoms with Crippen LogP contribution >= 0.6 is 11.3 Å². The van der Waals surface area contributed by atoms with Crippen molar-refractivity contribution in [2.45, 2.75) is 0 Å². The summed E-state index contributed by atoms with van der Waals surface area (Å²) in [6.07, 6.45) is 1.58. The zero-order valence-corrected chi connectivity index (χ0v) is 12.1. The Morgan fingerprint density at radius 2 is 2.05 bits per heavy atom. The van der Waals surface area contributed by atoms with Gasteiger partial charge in [-0.1, -0.05) is 6.08 Å². The maximum absolute atomic E-state index is 11.9. The summed E-state index contributed by atoms with van der Waals surface area (Å²) >= 11 is 1.19. The van der Waals surface area contributed by atoms with Crippen molar-refractivity contribution in [2.75, 3.05) is 38.3 Å². The lowest BCUT2D eigenvalue weighted by molar-refractivity contribution is 0.0960. The smallest absolute Gasteiger partial charge is 0.263 e. The highest BCUT2D eigenvalue weighted by atomic mass is 32.1. The number of carbonyl (C=O) groups excluding carboxylic acids is 2. The molecule has 4 N–H and O–H groups in total. The van der Waals surface area contributed by atoms with E-state index in [1.54, 1.807) is 25.1 Å². The molecule has 0 radical (unpaired) electrons. The van der Waals surface area contributed by atoms with E-state index in [2.05, 4.69) is 17.2 Å². The minimum Gasteiger partial charge on any atom is -0.397 e. The number of thiophene rings is 1. The summed E-state index contributed by atoms with van der Waals surface area (Å²) in [5.41, 5.74) is 6.47. The molecule has 0 aromatic carbocycles. The van der Waals surface area contributed by atoms with Crippen molar-refractivity contribution >= 4 is 33.8 Å². The van der Waals surface area contributed by atoms with E-state index in [-0.39, 0.29) is 17.5 Å². The summed E-state index contributed by atoms with van der Waals surface area (Å²) in [4.78, 5) is 25.9. The van der Waals surface area contributed by atoms with Gasteiger partial charge in [-0.05, 0) is 0 Å². The van der Waals surface area contributed by atoms with Crippen molar-refractivity contribution in [1.82, 2.24) is 10.6 Å². The lowest BCUT2D eigenvalue weighted by atomic mass is 10.2. The number of rotatable bonds is 5. The van der Waals surface area contributed by atoms with Crippen LogP contribution in [0.25, 0.3) is 0 Å². The summed E-state index contributed by atoms with van der Waals surface area (Å²) in [6.45, 7) is 3.88. The molecule has 2 amide bonds. The molecule has 1 heterocycles. The second-order valence-electron chi connectivity index (χ2n) is 4.00. The number of nitrogen functional groups attached to an aromatic ring is 1. The molecule has 1 rings (SSSR count). The number of nitrogens with one attached hydrogen (secondary N) is 2. The number of carbonyl (C=O) groups is 2. The second-order valence-corrected chi connectivity index (χ2v) is 5.00. The van der Waals surface area contributed by atoms with Gasteiger partial charge in [0.2, 0.25) is 0 Å². The molecule has 1 aromatic heterocycles. The number of amides is 2. The Morgan fingerprint density at radius 1 is 1.42 bits per heavy atom. The van der Waals surface area contributed by atoms with Gasteiger partial charge in [0.15, 0.2) is 0 Å². The van der Waals surface area contributed by atoms with Crippen LogP contribution in [0.1, 0.15) is 20.0 Å². The van der Waals surface area contributed by atoms with Gasteiger partial charge in [-0.3, -0.25) is 9.59 Å². The molecular weight excluding hydrogens is 264 g/mol. The fourth-order valence-electron chi connectivity index (χ4n) is 1.50. The quantitative estimate of drug-likeness (QED) is 0.693. The van der Waals surface area contributed by atoms with E-state index >= 15 is 0 Å². The van der Waals surface area contributed by atoms with Crippen molar-refractivity contribution in [3.8, 4) is 0 Å². The van der Waals surface area contributed by atoms with Crippen LogP contribution in [0.4, 0.5) is 10.7 Å². The molecule has 0 aliphatic rings. The van der Waals surface area contributed by atoms with Gasteiger partial charge in [-0.15, -0.1) is 17.9 Å². The molecule has 0 bridgehead atoms. The molecule has 0 spiro atoms. The molecule has 0 aliphatic carbocycles. The number of hydrogen-bond acceptors (Lipinski definition) is 5. The van der Waals surface area contributed by atoms with Gasteiger partial charge in [-0.2, -0.15) is 0 Å². The van der Waals surface area contributed by atoms with E-state index in [0.29, 0.717) is 22.0 Å². The van der Waals surface area contributed by atoms with E-state index in [4.69, 9.17) is 5.73 Å². The van der Waals surface area contributed by atoms with Gasteiger partial charge in [0.05, 0.1) is 11.3 Å². The zero-order valence-electron chi connectivity index (χ0n) is 11.2. The number of hydrogen-bond donors (Lipinski definition) is 3. The van der Waals surface area contributed by atoms with Crippen LogP contribution in [0.3, 0.4) is 0 Å². The molecule has 0 unspecified atom stereocenters. The highest BCUT2D eigenvalue weighted by Crippen LogP contribution is 2.37. The number of nitrogens with two attached hydrogens (primary N) is 1. The van der Waals surface area contributed by atoms with Crippen molar-refractivity contribution in [3.63, 3.8) is 0 Å². The summed E-state index contributed by atoms with van der Waals surface area (Å²) < 4.78 is 0. The average molecular weight is 282 g/mol. The van der Waals surface area contributed by atoms with Crippen LogP contribution in [-0.4, -0.2) is 39.5 Å². The van der Waals surface area contributed by atoms with Gasteiger partial charge in [0, 0.05) is 27.7 Å². The minimum atomic E-state index is -0.305. The summed E-state index contributed by atoms with van der Waals surface area (Å²) in [6, 6.07) is 0. The lowest BCUT2D eigenvalue weighted by Crippen LogP contribution is -2.24. The highest BCUT2D eigenvalue weighted by molar-refractivity contribution is 7.19. The van der Waals surface area contributed by atoms with Gasteiger partial charge in [-0.25, -0.2) is 0 Å². The topological polar surface area (TPSA) is 87.5 Å². The standard InChI is InChI=1S/C12H18N4O2S/c1-5-6-15-11(18)9-8(13)7(10(17)14-2)12(19-9)16(3)4/h5H,1,6,13H2,2-4H3,(H,14,17)(H,15,18). The first kappa shape index (κ1) is 15.0. The van der Waals surface area contributed by atoms with Crippen molar-refractivity contribution < 1.29 is 9.59 Å². The average Bonchev–Trinajstić information content (AvgIpc) is 2.73. The van der Waals surface area contributed by atoms with E-state index < -0.39 is 0 Å². The lowest BCUT2D eigenvalue weighted by Gasteiger charge is -2.11. The number of anilines is 2. The molecule has 0 saturated heterocycles. The predicted molar refractivity (Wildman–Crippen MR) is 79.0 cm³/mol. The zero-order chi connectivity index (χ0) is 14.6. The van der Waals surface area contributed by atoms with Crippen LogP contribution < -0.4 is 21.3 Å². The Labute approximate surface area is 116 Å². The molecule has 7 heteroatoms. The molecule has 19 heavy (non-hydrogen) atoms. The first-order valence-corrected chi connectivity index (χ1v) is 6.46. The van der Waals surface area contributed by atoms with Crippen LogP contribution in [-0.2, 0) is 0 Å². The largest absolute Gasteiger partial charge is 0.397 e. The van der Waals surface area contributed by atoms with Crippen molar-refractivity contribution in [1.29, 1.82) is 0 Å². The normalized spacial score (nSPS) is 9.84. The molecular formula is C12H18N4O2S. The third kappa shape index (κ3) is 3.05. The van der Waals surface area contributed by atoms with Crippen molar-refractivity contribution in [3.05, 3.63) is 23.1 Å². The fourth-order valence-corrected chi connectivity index (χ4v) is 2.56. The maximum atomic E-state index is 11.9. The van der Waals surface area contributed by atoms with Crippen LogP contribution in [0.15, 0.2) is 12.7 Å². The third-order valence-corrected chi connectivity index (χ3v) is 3.77. The molecule has 104 valence electrons. The maximum Gasteiger partial charge on any atom is 0.263 e. The second kappa shape index (κ2) is 6.24. The molecule has 6 nitrogen and oxygen atoms in total. The highest BCUT2D eigenvalue weighted by Gasteiger charge is 2.25. The number of nitrogens with zero attached hydrogens (tertiary/aromatic N) is 1. The van der Waals surface area contributed by atoms with Gasteiger partial charge in [0.25, 0.3) is 11.8 Å². The first-order chi connectivity index (χ1) is 8.93. The fraction of sp³-hybridized carbons (Fsp3) is 0.333. The van der Waals surface area contributed by atoms with E-state index in [1.165, 1.54) is 18.4 Å².